The molecule has 2 aromatic rings. The van der Waals surface area contributed by atoms with Gasteiger partial charge in [-0.2, -0.15) is 5.10 Å². The van der Waals surface area contributed by atoms with Crippen LogP contribution in [0.2, 0.25) is 0 Å². The average molecular weight is 384 g/mol. The molecular weight excluding hydrogens is 350 g/mol. The predicted molar refractivity (Wildman–Crippen MR) is 112 cm³/mol. The Balaban J connectivity index is 1.56. The second kappa shape index (κ2) is 8.43. The largest absolute Gasteiger partial charge is 0.310 e. The van der Waals surface area contributed by atoms with Crippen molar-refractivity contribution in [1.82, 2.24) is 19.7 Å². The first kappa shape index (κ1) is 20.5. The van der Waals surface area contributed by atoms with E-state index in [2.05, 4.69) is 46.3 Å². The van der Waals surface area contributed by atoms with Gasteiger partial charge >= 0.3 is 0 Å². The first-order valence-electron chi connectivity index (χ1n) is 10.2. The van der Waals surface area contributed by atoms with Gasteiger partial charge in [-0.25, -0.2) is 4.68 Å². The number of aryl methyl sites for hydroxylation is 1. The summed E-state index contributed by atoms with van der Waals surface area (Å²) in [6.45, 7) is 12.2. The van der Waals surface area contributed by atoms with Crippen molar-refractivity contribution >= 4 is 11.7 Å². The molecule has 6 nitrogen and oxygen atoms in total. The molecule has 6 heteroatoms. The van der Waals surface area contributed by atoms with Crippen molar-refractivity contribution in [3.05, 3.63) is 41.9 Å². The zero-order valence-electron chi connectivity index (χ0n) is 17.8. The maximum absolute atomic E-state index is 12.3. The minimum absolute atomic E-state index is 0.0194. The van der Waals surface area contributed by atoms with Crippen LogP contribution >= 0.6 is 0 Å². The third-order valence-corrected chi connectivity index (χ3v) is 5.54. The highest BCUT2D eigenvalue weighted by molar-refractivity contribution is 5.93. The Labute approximate surface area is 168 Å². The van der Waals surface area contributed by atoms with E-state index in [9.17, 15) is 4.79 Å². The van der Waals surface area contributed by atoms with Crippen molar-refractivity contribution in [2.24, 2.45) is 5.41 Å². The Morgan fingerprint density at radius 2 is 1.96 bits per heavy atom. The number of carbonyl (C=O) groups excluding carboxylic acids is 1. The van der Waals surface area contributed by atoms with Crippen LogP contribution < -0.4 is 5.32 Å². The lowest BCUT2D eigenvalue weighted by atomic mass is 9.96. The number of pyridine rings is 1. The quantitative estimate of drug-likeness (QED) is 0.852. The summed E-state index contributed by atoms with van der Waals surface area (Å²) >= 11 is 0. The van der Waals surface area contributed by atoms with Gasteiger partial charge in [0.15, 0.2) is 0 Å². The molecular formula is C22H33N5O. The van der Waals surface area contributed by atoms with Crippen molar-refractivity contribution in [2.45, 2.75) is 66.0 Å². The highest BCUT2D eigenvalue weighted by Crippen LogP contribution is 2.27. The lowest BCUT2D eigenvalue weighted by Gasteiger charge is -2.36. The summed E-state index contributed by atoms with van der Waals surface area (Å²) in [5, 5.41) is 7.53. The van der Waals surface area contributed by atoms with Crippen LogP contribution in [0.15, 0.2) is 30.6 Å². The van der Waals surface area contributed by atoms with Gasteiger partial charge in [-0.1, -0.05) is 26.8 Å². The van der Waals surface area contributed by atoms with Crippen molar-refractivity contribution in [2.75, 3.05) is 18.4 Å². The number of amides is 1. The summed E-state index contributed by atoms with van der Waals surface area (Å²) in [5.41, 5.74) is 1.93. The minimum atomic E-state index is -0.419. The summed E-state index contributed by atoms with van der Waals surface area (Å²) < 4.78 is 1.99. The van der Waals surface area contributed by atoms with E-state index in [0.717, 1.165) is 43.9 Å². The fraction of sp³-hybridized carbons (Fsp3) is 0.591. The van der Waals surface area contributed by atoms with Gasteiger partial charge < -0.3 is 10.2 Å². The Kier molecular flexibility index (Phi) is 6.18. The van der Waals surface area contributed by atoms with E-state index < -0.39 is 5.41 Å². The lowest BCUT2D eigenvalue weighted by molar-refractivity contribution is -0.123. The van der Waals surface area contributed by atoms with Crippen molar-refractivity contribution in [1.29, 1.82) is 0 Å². The fourth-order valence-electron chi connectivity index (χ4n) is 3.63. The van der Waals surface area contributed by atoms with Crippen LogP contribution in [-0.2, 0) is 11.2 Å². The Morgan fingerprint density at radius 1 is 1.25 bits per heavy atom. The molecule has 0 aromatic carbocycles. The van der Waals surface area contributed by atoms with E-state index >= 15 is 0 Å². The maximum Gasteiger partial charge on any atom is 0.230 e. The molecule has 1 atom stereocenters. The van der Waals surface area contributed by atoms with Gasteiger partial charge in [0.05, 0.1) is 12.2 Å². The fourth-order valence-corrected chi connectivity index (χ4v) is 3.63. The van der Waals surface area contributed by atoms with Gasteiger partial charge in [-0.15, -0.1) is 0 Å². The molecule has 0 spiro atoms. The molecule has 1 saturated heterocycles. The SMILES string of the molecule is Cc1ccc(C[C@H](C)N2CCC(n3nccc3NC(=O)C(C)(C)C)CC2)nc1. The molecule has 0 bridgehead atoms. The number of nitrogens with one attached hydrogen (secondary N) is 1. The summed E-state index contributed by atoms with van der Waals surface area (Å²) in [7, 11) is 0. The molecule has 152 valence electrons. The summed E-state index contributed by atoms with van der Waals surface area (Å²) in [6, 6.07) is 6.95. The van der Waals surface area contributed by atoms with Crippen LogP contribution in [0.3, 0.4) is 0 Å². The number of rotatable bonds is 5. The smallest absolute Gasteiger partial charge is 0.230 e. The van der Waals surface area contributed by atoms with Crippen molar-refractivity contribution in [3.8, 4) is 0 Å². The zero-order valence-corrected chi connectivity index (χ0v) is 17.8. The predicted octanol–water partition coefficient (Wildman–Crippen LogP) is 3.84. The third-order valence-electron chi connectivity index (χ3n) is 5.54. The number of likely N-dealkylation sites (tertiary alicyclic amines) is 1. The third kappa shape index (κ3) is 4.98. The molecule has 1 amide bonds. The highest BCUT2D eigenvalue weighted by atomic mass is 16.2. The molecule has 0 aliphatic carbocycles. The van der Waals surface area contributed by atoms with Crippen molar-refractivity contribution in [3.63, 3.8) is 0 Å². The number of piperidine rings is 1. The van der Waals surface area contributed by atoms with E-state index in [0.29, 0.717) is 12.1 Å². The number of aromatic nitrogens is 3. The van der Waals surface area contributed by atoms with Gasteiger partial charge in [0.1, 0.15) is 5.82 Å². The first-order chi connectivity index (χ1) is 13.2. The first-order valence-corrected chi connectivity index (χ1v) is 10.2. The van der Waals surface area contributed by atoms with E-state index in [1.807, 2.05) is 37.7 Å². The molecule has 1 fully saturated rings. The van der Waals surface area contributed by atoms with Crippen LogP contribution in [0.5, 0.6) is 0 Å². The van der Waals surface area contributed by atoms with Gasteiger partial charge in [-0.3, -0.25) is 9.78 Å². The number of hydrogen-bond donors (Lipinski definition) is 1. The monoisotopic (exact) mass is 383 g/mol. The number of nitrogens with zero attached hydrogens (tertiary/aromatic N) is 4. The number of hydrogen-bond acceptors (Lipinski definition) is 4. The molecule has 1 N–H and O–H groups in total. The van der Waals surface area contributed by atoms with Gasteiger partial charge in [0.25, 0.3) is 0 Å². The molecule has 1 aliphatic rings. The maximum atomic E-state index is 12.3. The Morgan fingerprint density at radius 3 is 2.57 bits per heavy atom. The molecule has 28 heavy (non-hydrogen) atoms. The molecule has 0 radical (unpaired) electrons. The summed E-state index contributed by atoms with van der Waals surface area (Å²) in [5.74, 6) is 0.821. The standard InChI is InChI=1S/C22H33N5O/c1-16-6-7-18(23-15-16)14-17(2)26-12-9-19(10-13-26)27-20(8-11-24-27)25-21(28)22(3,4)5/h6-8,11,15,17,19H,9-10,12-14H2,1-5H3,(H,25,28)/t17-/m0/s1. The summed E-state index contributed by atoms with van der Waals surface area (Å²) in [4.78, 5) is 19.4. The van der Waals surface area contributed by atoms with Crippen LogP contribution in [0.1, 0.15) is 57.8 Å². The van der Waals surface area contributed by atoms with Gasteiger partial charge in [-0.05, 0) is 38.3 Å². The number of carbonyl (C=O) groups is 1. The minimum Gasteiger partial charge on any atom is -0.310 e. The molecule has 0 saturated carbocycles. The second-order valence-corrected chi connectivity index (χ2v) is 9.01. The van der Waals surface area contributed by atoms with Crippen LogP contribution in [0.25, 0.3) is 0 Å². The van der Waals surface area contributed by atoms with E-state index in [4.69, 9.17) is 0 Å². The van der Waals surface area contributed by atoms with E-state index in [-0.39, 0.29) is 5.91 Å². The van der Waals surface area contributed by atoms with Crippen LogP contribution in [-0.4, -0.2) is 44.7 Å². The Hall–Kier alpha value is -2.21. The van der Waals surface area contributed by atoms with Crippen LogP contribution in [0, 0.1) is 12.3 Å². The van der Waals surface area contributed by atoms with Crippen LogP contribution in [0.4, 0.5) is 5.82 Å². The molecule has 1 aliphatic heterocycles. The molecule has 0 unspecified atom stereocenters. The number of anilines is 1. The van der Waals surface area contributed by atoms with E-state index in [1.165, 1.54) is 5.56 Å². The lowest BCUT2D eigenvalue weighted by Crippen LogP contribution is -2.42. The summed E-state index contributed by atoms with van der Waals surface area (Å²) in [6.07, 6.45) is 6.76. The van der Waals surface area contributed by atoms with Gasteiger partial charge in [0, 0.05) is 48.9 Å². The van der Waals surface area contributed by atoms with Gasteiger partial charge in [0.2, 0.25) is 5.91 Å². The molecule has 3 rings (SSSR count). The zero-order chi connectivity index (χ0) is 20.3. The van der Waals surface area contributed by atoms with E-state index in [1.54, 1.807) is 6.20 Å². The highest BCUT2D eigenvalue weighted by Gasteiger charge is 2.27. The molecule has 2 aromatic heterocycles. The topological polar surface area (TPSA) is 63.1 Å². The Bertz CT molecular complexity index is 782. The van der Waals surface area contributed by atoms with Crippen molar-refractivity contribution < 1.29 is 4.79 Å². The molecule has 3 heterocycles. The normalized spacial score (nSPS) is 17.5. The second-order valence-electron chi connectivity index (χ2n) is 9.01. The average Bonchev–Trinajstić information content (AvgIpc) is 3.11.